The third-order valence-corrected chi connectivity index (χ3v) is 8.08. The van der Waals surface area contributed by atoms with E-state index in [1.807, 2.05) is 17.9 Å². The zero-order valence-electron chi connectivity index (χ0n) is 22.9. The molecule has 0 spiro atoms. The number of amides is 1. The highest BCUT2D eigenvalue weighted by atomic mass is 16.5. The molecule has 3 aromatic rings. The first-order chi connectivity index (χ1) is 19.3. The first kappa shape index (κ1) is 27.7. The molecule has 1 aromatic carbocycles. The molecule has 2 fully saturated rings. The zero-order valence-corrected chi connectivity index (χ0v) is 22.9. The lowest BCUT2D eigenvalue weighted by molar-refractivity contribution is -0.131. The average molecular weight is 549 g/mol. The van der Waals surface area contributed by atoms with E-state index in [0.29, 0.717) is 43.9 Å². The van der Waals surface area contributed by atoms with Gasteiger partial charge in [0.05, 0.1) is 48.6 Å². The number of methoxy groups -OCH3 is 1. The van der Waals surface area contributed by atoms with E-state index in [1.165, 1.54) is 12.3 Å². The Balaban J connectivity index is 1.44. The molecule has 2 N–H and O–H groups in total. The Labute approximate surface area is 233 Å². The van der Waals surface area contributed by atoms with Crippen LogP contribution in [0, 0.1) is 11.8 Å². The largest absolute Gasteiger partial charge is 0.478 e. The maximum atomic E-state index is 14.0. The Bertz CT molecular complexity index is 1390. The standard InChI is InChI=1S/C29H36N6O5/c1-33-25-8-7-23(12-21(25)14-31-33)34-11-10-20(26(34)18-40-2)17-35(29(39)19-4-3-5-24(36)13-19)27-16-30-15-22(32-27)6-9-28(37)38/h6-9,12,14-16,19-20,24,26,36H,3-5,10-11,13,17-18H2,1-2H3,(H,37,38). The van der Waals surface area contributed by atoms with Gasteiger partial charge in [0.25, 0.3) is 0 Å². The van der Waals surface area contributed by atoms with Crippen molar-refractivity contribution < 1.29 is 24.5 Å². The number of anilines is 2. The number of aliphatic hydroxyl groups excluding tert-OH is 1. The Hall–Kier alpha value is -3.83. The molecule has 1 aliphatic heterocycles. The number of aryl methyl sites for hydroxylation is 1. The van der Waals surface area contributed by atoms with Crippen LogP contribution in [0.15, 0.2) is 42.9 Å². The predicted molar refractivity (Wildman–Crippen MR) is 151 cm³/mol. The number of nitrogens with zero attached hydrogens (tertiary/aromatic N) is 6. The number of benzene rings is 1. The number of rotatable bonds is 9. The van der Waals surface area contributed by atoms with Gasteiger partial charge < -0.3 is 19.8 Å². The fourth-order valence-electron chi connectivity index (χ4n) is 6.05. The lowest BCUT2D eigenvalue weighted by Crippen LogP contribution is -2.46. The first-order valence-electron chi connectivity index (χ1n) is 13.7. The number of hydrogen-bond acceptors (Lipinski definition) is 8. The molecule has 1 amide bonds. The SMILES string of the molecule is COCC1C(CN(C(=O)C2CCCC(O)C2)c2cncc(C=CC(=O)O)n2)CCN1c1ccc2c(cnn2C)c1. The quantitative estimate of drug-likeness (QED) is 0.387. The van der Waals surface area contributed by atoms with E-state index in [4.69, 9.17) is 9.84 Å². The molecule has 5 rings (SSSR count). The van der Waals surface area contributed by atoms with Gasteiger partial charge >= 0.3 is 5.97 Å². The molecule has 0 radical (unpaired) electrons. The van der Waals surface area contributed by atoms with E-state index in [2.05, 4.69) is 38.2 Å². The van der Waals surface area contributed by atoms with Gasteiger partial charge in [-0.05, 0) is 50.0 Å². The second-order valence-electron chi connectivity index (χ2n) is 10.7. The van der Waals surface area contributed by atoms with Crippen molar-refractivity contribution in [3.63, 3.8) is 0 Å². The van der Waals surface area contributed by atoms with Crippen LogP contribution in [0.3, 0.4) is 0 Å². The summed E-state index contributed by atoms with van der Waals surface area (Å²) in [6.07, 6.45) is 10.2. The predicted octanol–water partition coefficient (Wildman–Crippen LogP) is 2.89. The number of carboxylic acid groups (broad SMARTS) is 1. The molecule has 3 heterocycles. The lowest BCUT2D eigenvalue weighted by Gasteiger charge is -2.34. The number of fused-ring (bicyclic) bond motifs is 1. The lowest BCUT2D eigenvalue weighted by atomic mass is 9.86. The van der Waals surface area contributed by atoms with Gasteiger partial charge in [0.15, 0.2) is 5.82 Å². The highest BCUT2D eigenvalue weighted by Gasteiger charge is 2.39. The van der Waals surface area contributed by atoms with Crippen molar-refractivity contribution >= 4 is 40.4 Å². The van der Waals surface area contributed by atoms with Crippen molar-refractivity contribution in [2.24, 2.45) is 18.9 Å². The molecule has 11 heteroatoms. The molecule has 212 valence electrons. The van der Waals surface area contributed by atoms with E-state index in [1.54, 1.807) is 18.2 Å². The van der Waals surface area contributed by atoms with Crippen LogP contribution < -0.4 is 9.80 Å². The number of aliphatic carboxylic acids is 1. The molecule has 1 aliphatic carbocycles. The summed E-state index contributed by atoms with van der Waals surface area (Å²) in [5.74, 6) is -1.02. The van der Waals surface area contributed by atoms with Crippen LogP contribution in [0.5, 0.6) is 0 Å². The summed E-state index contributed by atoms with van der Waals surface area (Å²) in [6, 6.07) is 6.34. The minimum Gasteiger partial charge on any atom is -0.478 e. The summed E-state index contributed by atoms with van der Waals surface area (Å²) in [5.41, 5.74) is 2.50. The van der Waals surface area contributed by atoms with Crippen LogP contribution in [0.4, 0.5) is 11.5 Å². The molecule has 2 aliphatic rings. The maximum absolute atomic E-state index is 14.0. The van der Waals surface area contributed by atoms with Crippen LogP contribution in [0.2, 0.25) is 0 Å². The highest BCUT2D eigenvalue weighted by Crippen LogP contribution is 2.35. The molecule has 4 atom stereocenters. The fraction of sp³-hybridized carbons (Fsp3) is 0.483. The van der Waals surface area contributed by atoms with Crippen molar-refractivity contribution in [1.82, 2.24) is 19.7 Å². The number of hydrogen-bond donors (Lipinski definition) is 2. The topological polar surface area (TPSA) is 134 Å². The summed E-state index contributed by atoms with van der Waals surface area (Å²) >= 11 is 0. The zero-order chi connectivity index (χ0) is 28.2. The van der Waals surface area contributed by atoms with Gasteiger partial charge in [0.1, 0.15) is 0 Å². The van der Waals surface area contributed by atoms with Gasteiger partial charge in [-0.15, -0.1) is 0 Å². The second-order valence-corrected chi connectivity index (χ2v) is 10.7. The Morgan fingerprint density at radius 2 is 2.05 bits per heavy atom. The van der Waals surface area contributed by atoms with Crippen LogP contribution in [-0.4, -0.2) is 80.8 Å². The first-order valence-corrected chi connectivity index (χ1v) is 13.7. The summed E-state index contributed by atoms with van der Waals surface area (Å²) < 4.78 is 7.52. The van der Waals surface area contributed by atoms with E-state index >= 15 is 0 Å². The Kier molecular flexibility index (Phi) is 8.41. The monoisotopic (exact) mass is 548 g/mol. The molecule has 1 saturated carbocycles. The van der Waals surface area contributed by atoms with Crippen molar-refractivity contribution in [3.05, 3.63) is 48.6 Å². The smallest absolute Gasteiger partial charge is 0.328 e. The van der Waals surface area contributed by atoms with Crippen LogP contribution >= 0.6 is 0 Å². The van der Waals surface area contributed by atoms with Crippen LogP contribution in [0.1, 0.15) is 37.8 Å². The minimum absolute atomic E-state index is 0.0226. The minimum atomic E-state index is -1.09. The summed E-state index contributed by atoms with van der Waals surface area (Å²) in [7, 11) is 3.61. The van der Waals surface area contributed by atoms with Crippen molar-refractivity contribution in [3.8, 4) is 0 Å². The molecule has 11 nitrogen and oxygen atoms in total. The molecular weight excluding hydrogens is 512 g/mol. The van der Waals surface area contributed by atoms with Crippen LogP contribution in [-0.2, 0) is 21.4 Å². The molecular formula is C29H36N6O5. The Morgan fingerprint density at radius 1 is 1.20 bits per heavy atom. The number of aliphatic hydroxyl groups is 1. The number of carboxylic acids is 1. The van der Waals surface area contributed by atoms with Gasteiger partial charge in [0, 0.05) is 56.2 Å². The second kappa shape index (κ2) is 12.1. The fourth-order valence-corrected chi connectivity index (χ4v) is 6.05. The van der Waals surface area contributed by atoms with Gasteiger partial charge in [-0.3, -0.25) is 19.4 Å². The normalized spacial score (nSPS) is 23.2. The van der Waals surface area contributed by atoms with Crippen molar-refractivity contribution in [2.45, 2.75) is 44.2 Å². The highest BCUT2D eigenvalue weighted by molar-refractivity contribution is 5.94. The van der Waals surface area contributed by atoms with E-state index in [9.17, 15) is 14.7 Å². The molecule has 2 aromatic heterocycles. The van der Waals surface area contributed by atoms with Gasteiger partial charge in [-0.25, -0.2) is 9.78 Å². The number of aromatic nitrogens is 4. The van der Waals surface area contributed by atoms with E-state index in [0.717, 1.165) is 42.1 Å². The summed E-state index contributed by atoms with van der Waals surface area (Å²) in [4.78, 5) is 37.9. The Morgan fingerprint density at radius 3 is 2.83 bits per heavy atom. The van der Waals surface area contributed by atoms with Crippen molar-refractivity contribution in [1.29, 1.82) is 0 Å². The van der Waals surface area contributed by atoms with Gasteiger partial charge in [0.2, 0.25) is 5.91 Å². The molecule has 40 heavy (non-hydrogen) atoms. The number of carbonyl (C=O) groups is 2. The van der Waals surface area contributed by atoms with Gasteiger partial charge in [-0.1, -0.05) is 6.42 Å². The third kappa shape index (κ3) is 6.00. The number of carbonyl (C=O) groups excluding carboxylic acids is 1. The third-order valence-electron chi connectivity index (χ3n) is 8.08. The summed E-state index contributed by atoms with van der Waals surface area (Å²) in [5, 5.41) is 24.8. The van der Waals surface area contributed by atoms with E-state index < -0.39 is 12.1 Å². The molecule has 0 bridgehead atoms. The summed E-state index contributed by atoms with van der Waals surface area (Å²) in [6.45, 7) is 1.71. The number of ether oxygens (including phenoxy) is 1. The molecule has 1 saturated heterocycles. The average Bonchev–Trinajstić information content (AvgIpc) is 3.53. The van der Waals surface area contributed by atoms with E-state index in [-0.39, 0.29) is 23.8 Å². The van der Waals surface area contributed by atoms with Crippen molar-refractivity contribution in [2.75, 3.05) is 36.6 Å². The van der Waals surface area contributed by atoms with Crippen LogP contribution in [0.25, 0.3) is 17.0 Å². The maximum Gasteiger partial charge on any atom is 0.328 e. The molecule has 4 unspecified atom stereocenters. The van der Waals surface area contributed by atoms with Gasteiger partial charge in [-0.2, -0.15) is 5.10 Å².